The highest BCUT2D eigenvalue weighted by atomic mass is 16.6. The van der Waals surface area contributed by atoms with Crippen LogP contribution in [0.3, 0.4) is 0 Å². The molecule has 1 aliphatic rings. The molecule has 1 aliphatic heterocycles. The Balaban J connectivity index is 2.49. The zero-order chi connectivity index (χ0) is 15.0. The van der Waals surface area contributed by atoms with Gasteiger partial charge in [0.05, 0.1) is 6.61 Å². The molecule has 1 rings (SSSR count). The van der Waals surface area contributed by atoms with Gasteiger partial charge in [0, 0.05) is 19.1 Å². The molecule has 0 aromatic rings. The second-order valence-electron chi connectivity index (χ2n) is 6.33. The molecular weight excluding hydrogens is 252 g/mol. The third-order valence-electron chi connectivity index (χ3n) is 3.91. The van der Waals surface area contributed by atoms with Gasteiger partial charge >= 0.3 is 6.09 Å². The van der Waals surface area contributed by atoms with Crippen LogP contribution >= 0.6 is 0 Å². The van der Waals surface area contributed by atoms with Crippen molar-refractivity contribution in [3.8, 4) is 0 Å². The number of nitrogens with one attached hydrogen (secondary N) is 1. The second kappa shape index (κ2) is 9.22. The van der Waals surface area contributed by atoms with Gasteiger partial charge in [-0.1, -0.05) is 27.2 Å². The van der Waals surface area contributed by atoms with Gasteiger partial charge in [0.2, 0.25) is 0 Å². The fourth-order valence-electron chi connectivity index (χ4n) is 2.91. The van der Waals surface area contributed by atoms with Crippen LogP contribution in [0.2, 0.25) is 0 Å². The van der Waals surface area contributed by atoms with Crippen molar-refractivity contribution in [1.82, 2.24) is 10.2 Å². The highest BCUT2D eigenvalue weighted by molar-refractivity contribution is 5.67. The summed E-state index contributed by atoms with van der Waals surface area (Å²) in [7, 11) is 0. The smallest absolute Gasteiger partial charge is 0.409 e. The maximum atomic E-state index is 12.0. The van der Waals surface area contributed by atoms with Crippen LogP contribution in [0.25, 0.3) is 0 Å². The Morgan fingerprint density at radius 1 is 1.35 bits per heavy atom. The van der Waals surface area contributed by atoms with E-state index in [-0.39, 0.29) is 6.09 Å². The lowest BCUT2D eigenvalue weighted by atomic mass is 9.90. The van der Waals surface area contributed by atoms with E-state index in [0.717, 1.165) is 25.6 Å². The standard InChI is InChI=1S/C16H32N2O2/c1-5-7-14-10-15(17-9-8-13(3)4)12-18(11-14)16(19)20-6-2/h13-15,17H,5-12H2,1-4H3. The molecule has 2 unspecified atom stereocenters. The molecule has 1 amide bonds. The van der Waals surface area contributed by atoms with Gasteiger partial charge in [-0.15, -0.1) is 0 Å². The molecule has 0 saturated carbocycles. The second-order valence-corrected chi connectivity index (χ2v) is 6.33. The Morgan fingerprint density at radius 2 is 2.10 bits per heavy atom. The van der Waals surface area contributed by atoms with Gasteiger partial charge in [0.1, 0.15) is 0 Å². The summed E-state index contributed by atoms with van der Waals surface area (Å²) in [6.07, 6.45) is 4.60. The van der Waals surface area contributed by atoms with Crippen molar-refractivity contribution in [3.05, 3.63) is 0 Å². The topological polar surface area (TPSA) is 41.6 Å². The number of likely N-dealkylation sites (tertiary alicyclic amines) is 1. The lowest BCUT2D eigenvalue weighted by Gasteiger charge is -2.37. The summed E-state index contributed by atoms with van der Waals surface area (Å²) in [4.78, 5) is 13.8. The number of hydrogen-bond acceptors (Lipinski definition) is 3. The Labute approximate surface area is 124 Å². The molecule has 2 atom stereocenters. The number of piperidine rings is 1. The molecule has 0 aromatic heterocycles. The van der Waals surface area contributed by atoms with E-state index >= 15 is 0 Å². The minimum absolute atomic E-state index is 0.149. The number of amides is 1. The molecule has 4 heteroatoms. The summed E-state index contributed by atoms with van der Waals surface area (Å²) in [5.41, 5.74) is 0. The van der Waals surface area contributed by atoms with Crippen LogP contribution in [-0.2, 0) is 4.74 Å². The van der Waals surface area contributed by atoms with Crippen LogP contribution in [0.5, 0.6) is 0 Å². The predicted molar refractivity (Wildman–Crippen MR) is 82.9 cm³/mol. The summed E-state index contributed by atoms with van der Waals surface area (Å²) in [5.74, 6) is 1.33. The molecule has 0 bridgehead atoms. The maximum Gasteiger partial charge on any atom is 0.409 e. The molecule has 1 saturated heterocycles. The van der Waals surface area contributed by atoms with E-state index in [1.807, 2.05) is 11.8 Å². The van der Waals surface area contributed by atoms with Crippen molar-refractivity contribution in [2.75, 3.05) is 26.2 Å². The summed E-state index contributed by atoms with van der Waals surface area (Å²) in [5, 5.41) is 3.62. The van der Waals surface area contributed by atoms with Gasteiger partial charge in [-0.25, -0.2) is 4.79 Å². The van der Waals surface area contributed by atoms with Gasteiger partial charge in [-0.05, 0) is 44.6 Å². The number of nitrogens with zero attached hydrogens (tertiary/aromatic N) is 1. The van der Waals surface area contributed by atoms with Crippen LogP contribution in [-0.4, -0.2) is 43.3 Å². The molecule has 1 fully saturated rings. The quantitative estimate of drug-likeness (QED) is 0.780. The normalized spacial score (nSPS) is 23.1. The third-order valence-corrected chi connectivity index (χ3v) is 3.91. The minimum atomic E-state index is -0.149. The first kappa shape index (κ1) is 17.3. The van der Waals surface area contributed by atoms with Crippen LogP contribution < -0.4 is 5.32 Å². The van der Waals surface area contributed by atoms with E-state index in [1.165, 1.54) is 25.7 Å². The van der Waals surface area contributed by atoms with E-state index in [0.29, 0.717) is 18.6 Å². The van der Waals surface area contributed by atoms with E-state index in [9.17, 15) is 4.79 Å². The van der Waals surface area contributed by atoms with Crippen molar-refractivity contribution in [2.24, 2.45) is 11.8 Å². The van der Waals surface area contributed by atoms with Crippen LogP contribution in [0.4, 0.5) is 4.79 Å². The Bertz CT molecular complexity index is 282. The molecule has 1 N–H and O–H groups in total. The Hall–Kier alpha value is -0.770. The summed E-state index contributed by atoms with van der Waals surface area (Å²) in [6.45, 7) is 11.7. The lowest BCUT2D eigenvalue weighted by Crippen LogP contribution is -2.51. The van der Waals surface area contributed by atoms with E-state index in [2.05, 4.69) is 26.1 Å². The molecule has 20 heavy (non-hydrogen) atoms. The zero-order valence-electron chi connectivity index (χ0n) is 13.7. The largest absolute Gasteiger partial charge is 0.450 e. The third kappa shape index (κ3) is 6.12. The lowest BCUT2D eigenvalue weighted by molar-refractivity contribution is 0.0771. The molecule has 0 aliphatic carbocycles. The van der Waals surface area contributed by atoms with Crippen molar-refractivity contribution in [2.45, 2.75) is 59.4 Å². The number of hydrogen-bond donors (Lipinski definition) is 1. The van der Waals surface area contributed by atoms with Crippen LogP contribution in [0, 0.1) is 11.8 Å². The van der Waals surface area contributed by atoms with Gasteiger partial charge in [-0.3, -0.25) is 0 Å². The summed E-state index contributed by atoms with van der Waals surface area (Å²) < 4.78 is 5.16. The zero-order valence-corrected chi connectivity index (χ0v) is 13.7. The van der Waals surface area contributed by atoms with Gasteiger partial charge in [-0.2, -0.15) is 0 Å². The van der Waals surface area contributed by atoms with Gasteiger partial charge in [0.15, 0.2) is 0 Å². The van der Waals surface area contributed by atoms with Crippen LogP contribution in [0.1, 0.15) is 53.4 Å². The highest BCUT2D eigenvalue weighted by Gasteiger charge is 2.29. The SMILES string of the molecule is CCCC1CC(NCCC(C)C)CN(C(=O)OCC)C1. The Kier molecular flexibility index (Phi) is 7.97. The first-order valence-corrected chi connectivity index (χ1v) is 8.21. The average Bonchev–Trinajstić information content (AvgIpc) is 2.38. The summed E-state index contributed by atoms with van der Waals surface area (Å²) in [6, 6.07) is 0.420. The summed E-state index contributed by atoms with van der Waals surface area (Å²) >= 11 is 0. The van der Waals surface area contributed by atoms with Crippen molar-refractivity contribution < 1.29 is 9.53 Å². The van der Waals surface area contributed by atoms with E-state index < -0.39 is 0 Å². The fraction of sp³-hybridized carbons (Fsp3) is 0.938. The number of ether oxygens (including phenoxy) is 1. The number of carbonyl (C=O) groups excluding carboxylic acids is 1. The highest BCUT2D eigenvalue weighted by Crippen LogP contribution is 2.22. The van der Waals surface area contributed by atoms with Crippen LogP contribution in [0.15, 0.2) is 0 Å². The van der Waals surface area contributed by atoms with E-state index in [4.69, 9.17) is 4.74 Å². The molecule has 1 heterocycles. The molecule has 0 radical (unpaired) electrons. The minimum Gasteiger partial charge on any atom is -0.450 e. The molecular formula is C16H32N2O2. The van der Waals surface area contributed by atoms with E-state index in [1.54, 1.807) is 0 Å². The monoisotopic (exact) mass is 284 g/mol. The molecule has 118 valence electrons. The fourth-order valence-corrected chi connectivity index (χ4v) is 2.91. The van der Waals surface area contributed by atoms with Crippen molar-refractivity contribution >= 4 is 6.09 Å². The maximum absolute atomic E-state index is 12.0. The van der Waals surface area contributed by atoms with Crippen molar-refractivity contribution in [1.29, 1.82) is 0 Å². The first-order chi connectivity index (χ1) is 9.56. The molecule has 4 nitrogen and oxygen atoms in total. The van der Waals surface area contributed by atoms with Gasteiger partial charge < -0.3 is 15.0 Å². The number of rotatable bonds is 7. The predicted octanol–water partition coefficient (Wildman–Crippen LogP) is 3.27. The molecule has 0 spiro atoms. The van der Waals surface area contributed by atoms with Crippen molar-refractivity contribution in [3.63, 3.8) is 0 Å². The molecule has 0 aromatic carbocycles. The van der Waals surface area contributed by atoms with Gasteiger partial charge in [0.25, 0.3) is 0 Å². The Morgan fingerprint density at radius 3 is 2.70 bits per heavy atom. The number of carbonyl (C=O) groups is 1. The first-order valence-electron chi connectivity index (χ1n) is 8.21. The average molecular weight is 284 g/mol.